The van der Waals surface area contributed by atoms with E-state index in [-0.39, 0.29) is 4.70 Å². The van der Waals surface area contributed by atoms with Gasteiger partial charge in [-0.3, -0.25) is 4.70 Å². The van der Waals surface area contributed by atoms with E-state index in [9.17, 15) is 0 Å². The van der Waals surface area contributed by atoms with Gasteiger partial charge in [-0.25, -0.2) is 0 Å². The van der Waals surface area contributed by atoms with Crippen LogP contribution in [0.4, 0.5) is 4.70 Å². The molecule has 0 fully saturated rings. The Bertz CT molecular complexity index is 138. The van der Waals surface area contributed by atoms with Crippen molar-refractivity contribution >= 4 is 0 Å². The van der Waals surface area contributed by atoms with E-state index in [1.165, 1.54) is 0 Å². The maximum atomic E-state index is 8.63. The summed E-state index contributed by atoms with van der Waals surface area (Å²) >= 11 is 0. The molecular weight excluding hydrogens is 107 g/mol. The summed E-state index contributed by atoms with van der Waals surface area (Å²) in [7, 11) is 0. The van der Waals surface area contributed by atoms with Crippen LogP contribution in [0.2, 0.25) is 0 Å². The molecule has 0 unspecified atom stereocenters. The molecule has 8 heavy (non-hydrogen) atoms. The van der Waals surface area contributed by atoms with Gasteiger partial charge in [0.1, 0.15) is 5.75 Å². The molecule has 0 spiro atoms. The molecule has 0 aromatic heterocycles. The number of rotatable bonds is 0. The smallest absolute Gasteiger partial charge is 0.115 e. The van der Waals surface area contributed by atoms with Gasteiger partial charge in [0, 0.05) is 0 Å². The van der Waals surface area contributed by atoms with Crippen LogP contribution in [0.1, 0.15) is 0 Å². The number of benzene rings is 1. The van der Waals surface area contributed by atoms with Crippen molar-refractivity contribution in [3.63, 3.8) is 0 Å². The summed E-state index contributed by atoms with van der Waals surface area (Å²) in [6.45, 7) is 0. The number of phenolic OH excluding ortho intramolecular Hbond substituents is 1. The van der Waals surface area contributed by atoms with Crippen LogP contribution in [-0.2, 0) is 0 Å². The number of phenols is 1. The lowest BCUT2D eigenvalue weighted by atomic mass is 10.3. The maximum absolute atomic E-state index is 8.63. The predicted molar refractivity (Wildman–Crippen MR) is 30.6 cm³/mol. The lowest BCUT2D eigenvalue weighted by Gasteiger charge is -1.82. The zero-order chi connectivity index (χ0) is 5.11. The molecule has 0 aliphatic carbocycles. The van der Waals surface area contributed by atoms with Gasteiger partial charge < -0.3 is 5.11 Å². The van der Waals surface area contributed by atoms with Crippen molar-refractivity contribution in [2.45, 2.75) is 0 Å². The summed E-state index contributed by atoms with van der Waals surface area (Å²) in [4.78, 5) is 0. The molecule has 1 aromatic carbocycles. The first-order valence-electron chi connectivity index (χ1n) is 2.13. The Kier molecular flexibility index (Phi) is 2.62. The number of hydrogen-bond donors (Lipinski definition) is 1. The van der Waals surface area contributed by atoms with Crippen molar-refractivity contribution in [2.24, 2.45) is 0 Å². The number of aromatic hydroxyl groups is 1. The first-order valence-corrected chi connectivity index (χ1v) is 2.13. The van der Waals surface area contributed by atoms with E-state index in [1.807, 2.05) is 6.07 Å². The van der Waals surface area contributed by atoms with E-state index in [2.05, 4.69) is 0 Å². The third kappa shape index (κ3) is 1.60. The Morgan fingerprint density at radius 2 is 1.50 bits per heavy atom. The van der Waals surface area contributed by atoms with Crippen molar-refractivity contribution < 1.29 is 9.81 Å². The molecule has 1 N–H and O–H groups in total. The molecular formula is C6H7FO. The van der Waals surface area contributed by atoms with Crippen LogP contribution >= 0.6 is 0 Å². The second-order valence-corrected chi connectivity index (χ2v) is 1.34. The summed E-state index contributed by atoms with van der Waals surface area (Å²) in [6.07, 6.45) is 0. The van der Waals surface area contributed by atoms with Crippen LogP contribution in [-0.4, -0.2) is 5.11 Å². The molecule has 1 nitrogen and oxygen atoms in total. The Labute approximate surface area is 47.0 Å². The fourth-order valence-corrected chi connectivity index (χ4v) is 0.428. The SMILES string of the molecule is F.Oc1ccccc1. The second kappa shape index (κ2) is 3.02. The van der Waals surface area contributed by atoms with E-state index >= 15 is 0 Å². The predicted octanol–water partition coefficient (Wildman–Crippen LogP) is 1.54. The molecule has 1 aromatic rings. The minimum absolute atomic E-state index is 0. The Morgan fingerprint density at radius 3 is 1.75 bits per heavy atom. The van der Waals surface area contributed by atoms with Crippen molar-refractivity contribution in [1.82, 2.24) is 0 Å². The molecule has 44 valence electrons. The Morgan fingerprint density at radius 1 is 1.00 bits per heavy atom. The third-order valence-corrected chi connectivity index (χ3v) is 0.756. The summed E-state index contributed by atoms with van der Waals surface area (Å²) in [5.41, 5.74) is 0. The maximum Gasteiger partial charge on any atom is 0.115 e. The molecule has 0 saturated heterocycles. The molecule has 0 saturated carbocycles. The van der Waals surface area contributed by atoms with Crippen LogP contribution in [0, 0.1) is 0 Å². The van der Waals surface area contributed by atoms with E-state index in [1.54, 1.807) is 24.3 Å². The second-order valence-electron chi connectivity index (χ2n) is 1.34. The van der Waals surface area contributed by atoms with E-state index in [4.69, 9.17) is 5.11 Å². The lowest BCUT2D eigenvalue weighted by Crippen LogP contribution is -1.56. The zero-order valence-electron chi connectivity index (χ0n) is 4.24. The first kappa shape index (κ1) is 6.95. The molecule has 0 radical (unpaired) electrons. The first-order chi connectivity index (χ1) is 3.39. The van der Waals surface area contributed by atoms with Crippen molar-refractivity contribution in [1.29, 1.82) is 0 Å². The molecule has 0 bridgehead atoms. The van der Waals surface area contributed by atoms with Crippen LogP contribution < -0.4 is 0 Å². The van der Waals surface area contributed by atoms with Gasteiger partial charge in [-0.15, -0.1) is 0 Å². The minimum atomic E-state index is 0. The summed E-state index contributed by atoms with van der Waals surface area (Å²) < 4.78 is 0. The van der Waals surface area contributed by atoms with Crippen molar-refractivity contribution in [3.8, 4) is 5.75 Å². The van der Waals surface area contributed by atoms with Gasteiger partial charge in [-0.2, -0.15) is 0 Å². The quantitative estimate of drug-likeness (QED) is 0.542. The van der Waals surface area contributed by atoms with Crippen molar-refractivity contribution in [3.05, 3.63) is 30.3 Å². The highest BCUT2D eigenvalue weighted by Crippen LogP contribution is 2.02. The van der Waals surface area contributed by atoms with E-state index in [0.29, 0.717) is 5.75 Å². The van der Waals surface area contributed by atoms with Gasteiger partial charge in [0.15, 0.2) is 0 Å². The summed E-state index contributed by atoms with van der Waals surface area (Å²) in [6, 6.07) is 8.71. The van der Waals surface area contributed by atoms with Crippen LogP contribution in [0.5, 0.6) is 5.75 Å². The molecule has 0 aliphatic heterocycles. The van der Waals surface area contributed by atoms with Crippen LogP contribution in [0.25, 0.3) is 0 Å². The van der Waals surface area contributed by atoms with E-state index < -0.39 is 0 Å². The zero-order valence-corrected chi connectivity index (χ0v) is 4.24. The fraction of sp³-hybridized carbons (Fsp3) is 0. The molecule has 0 atom stereocenters. The number of para-hydroxylation sites is 1. The molecule has 1 rings (SSSR count). The highest BCUT2D eigenvalue weighted by molar-refractivity contribution is 5.18. The molecule has 0 heterocycles. The highest BCUT2D eigenvalue weighted by Gasteiger charge is 1.74. The molecule has 2 heteroatoms. The van der Waals surface area contributed by atoms with Gasteiger partial charge in [0.05, 0.1) is 0 Å². The number of halogens is 1. The standard InChI is InChI=1S/C6H6O.FH/c7-6-4-2-1-3-5-6;/h1-5,7H;1H. The van der Waals surface area contributed by atoms with Gasteiger partial charge in [-0.1, -0.05) is 18.2 Å². The average molecular weight is 114 g/mol. The summed E-state index contributed by atoms with van der Waals surface area (Å²) in [5.74, 6) is 0.322. The Balaban J connectivity index is 0.000000490. The van der Waals surface area contributed by atoms with Crippen LogP contribution in [0.3, 0.4) is 0 Å². The fourth-order valence-electron chi connectivity index (χ4n) is 0.428. The molecule has 0 aliphatic rings. The third-order valence-electron chi connectivity index (χ3n) is 0.756. The van der Waals surface area contributed by atoms with Gasteiger partial charge in [-0.05, 0) is 12.1 Å². The number of hydrogen-bond acceptors (Lipinski definition) is 1. The van der Waals surface area contributed by atoms with Gasteiger partial charge in [0.2, 0.25) is 0 Å². The topological polar surface area (TPSA) is 20.2 Å². The summed E-state index contributed by atoms with van der Waals surface area (Å²) in [5, 5.41) is 8.63. The average Bonchev–Trinajstić information content (AvgIpc) is 1.69. The normalized spacial score (nSPS) is 7.50. The van der Waals surface area contributed by atoms with Gasteiger partial charge >= 0.3 is 0 Å². The monoisotopic (exact) mass is 114 g/mol. The van der Waals surface area contributed by atoms with Crippen molar-refractivity contribution in [2.75, 3.05) is 0 Å². The highest BCUT2D eigenvalue weighted by atomic mass is 19.0. The minimum Gasteiger partial charge on any atom is -0.508 e. The lowest BCUT2D eigenvalue weighted by molar-refractivity contribution is 0.475. The van der Waals surface area contributed by atoms with Crippen LogP contribution in [0.15, 0.2) is 30.3 Å². The largest absolute Gasteiger partial charge is 0.508 e. The van der Waals surface area contributed by atoms with Gasteiger partial charge in [0.25, 0.3) is 0 Å². The molecule has 0 amide bonds. The Hall–Kier alpha value is -1.05. The van der Waals surface area contributed by atoms with E-state index in [0.717, 1.165) is 0 Å².